The van der Waals surface area contributed by atoms with Crippen LogP contribution in [0, 0.1) is 0 Å². The fraction of sp³-hybridized carbons (Fsp3) is 0.250. The lowest BCUT2D eigenvalue weighted by molar-refractivity contribution is 0.00272. The van der Waals surface area contributed by atoms with Crippen LogP contribution in [0.4, 0.5) is 4.79 Å². The van der Waals surface area contributed by atoms with Crippen LogP contribution in [0.2, 0.25) is 0 Å². The van der Waals surface area contributed by atoms with Gasteiger partial charge in [-0.1, -0.05) is 18.2 Å². The van der Waals surface area contributed by atoms with E-state index in [1.54, 1.807) is 0 Å². The van der Waals surface area contributed by atoms with E-state index in [4.69, 9.17) is 9.52 Å². The minimum Gasteiger partial charge on any atom is -0.465 e. The van der Waals surface area contributed by atoms with E-state index in [9.17, 15) is 9.90 Å². The molecule has 1 amide bonds. The molecule has 5 nitrogen and oxygen atoms in total. The van der Waals surface area contributed by atoms with Crippen molar-refractivity contribution >= 4 is 17.1 Å². The minimum atomic E-state index is -1.14. The summed E-state index contributed by atoms with van der Waals surface area (Å²) in [7, 11) is 0. The molecule has 0 fully saturated rings. The van der Waals surface area contributed by atoms with Crippen LogP contribution in [-0.4, -0.2) is 27.8 Å². The third kappa shape index (κ3) is 1.39. The summed E-state index contributed by atoms with van der Waals surface area (Å²) in [4.78, 5) is 12.0. The number of rotatable bonds is 0. The fourth-order valence-electron chi connectivity index (χ4n) is 2.29. The van der Waals surface area contributed by atoms with Crippen molar-refractivity contribution in [2.45, 2.75) is 12.6 Å². The maximum absolute atomic E-state index is 11.0. The lowest BCUT2D eigenvalue weighted by Crippen LogP contribution is -2.38. The lowest BCUT2D eigenvalue weighted by atomic mass is 10.0. The largest absolute Gasteiger partial charge is 0.465 e. The Morgan fingerprint density at radius 3 is 2.94 bits per heavy atom. The minimum absolute atomic E-state index is 0.253. The second-order valence-corrected chi connectivity index (χ2v) is 4.03. The molecule has 17 heavy (non-hydrogen) atoms. The van der Waals surface area contributed by atoms with Gasteiger partial charge in [-0.25, -0.2) is 4.79 Å². The Kier molecular flexibility index (Phi) is 2.09. The predicted molar refractivity (Wildman–Crippen MR) is 59.6 cm³/mol. The summed E-state index contributed by atoms with van der Waals surface area (Å²) in [6, 6.07) is 7.32. The van der Waals surface area contributed by atoms with Gasteiger partial charge in [0.1, 0.15) is 11.3 Å². The van der Waals surface area contributed by atoms with Gasteiger partial charge >= 0.3 is 6.09 Å². The van der Waals surface area contributed by atoms with Gasteiger partial charge in [0.15, 0.2) is 6.23 Å². The summed E-state index contributed by atoms with van der Waals surface area (Å²) in [6.07, 6.45) is -1.76. The zero-order valence-electron chi connectivity index (χ0n) is 8.96. The van der Waals surface area contributed by atoms with E-state index in [1.807, 2.05) is 24.3 Å². The van der Waals surface area contributed by atoms with Gasteiger partial charge in [0, 0.05) is 18.4 Å². The Morgan fingerprint density at radius 1 is 1.41 bits per heavy atom. The highest BCUT2D eigenvalue weighted by atomic mass is 16.4. The molecule has 88 valence electrons. The zero-order chi connectivity index (χ0) is 12.0. The number of aliphatic hydroxyl groups excluding tert-OH is 1. The Bertz CT molecular complexity index is 589. The molecule has 2 aromatic rings. The van der Waals surface area contributed by atoms with Crippen molar-refractivity contribution in [2.75, 3.05) is 6.54 Å². The summed E-state index contributed by atoms with van der Waals surface area (Å²) in [5.41, 5.74) is 1.26. The monoisotopic (exact) mass is 233 g/mol. The third-order valence-corrected chi connectivity index (χ3v) is 3.09. The van der Waals surface area contributed by atoms with Crippen LogP contribution in [0.1, 0.15) is 17.6 Å². The van der Waals surface area contributed by atoms with Crippen molar-refractivity contribution in [2.24, 2.45) is 0 Å². The second-order valence-electron chi connectivity index (χ2n) is 4.03. The highest BCUT2D eigenvalue weighted by molar-refractivity contribution is 5.83. The SMILES string of the molecule is O=C(O)N1CCc2oc3ccccc3c2C1O. The van der Waals surface area contributed by atoms with Gasteiger partial charge in [-0.05, 0) is 6.07 Å². The molecule has 0 saturated heterocycles. The molecule has 0 aliphatic carbocycles. The number of fused-ring (bicyclic) bond motifs is 3. The Hall–Kier alpha value is -2.01. The van der Waals surface area contributed by atoms with Gasteiger partial charge in [0.25, 0.3) is 0 Å². The van der Waals surface area contributed by atoms with Crippen LogP contribution in [0.25, 0.3) is 11.0 Å². The number of hydrogen-bond acceptors (Lipinski definition) is 3. The molecule has 1 aromatic carbocycles. The van der Waals surface area contributed by atoms with Crippen LogP contribution in [0.5, 0.6) is 0 Å². The summed E-state index contributed by atoms with van der Waals surface area (Å²) >= 11 is 0. The van der Waals surface area contributed by atoms with Gasteiger partial charge in [0.05, 0.1) is 5.56 Å². The van der Waals surface area contributed by atoms with Crippen LogP contribution < -0.4 is 0 Å². The lowest BCUT2D eigenvalue weighted by Gasteiger charge is -2.29. The number of nitrogens with zero attached hydrogens (tertiary/aromatic N) is 1. The highest BCUT2D eigenvalue weighted by Gasteiger charge is 2.33. The van der Waals surface area contributed by atoms with Gasteiger partial charge in [-0.15, -0.1) is 0 Å². The first kappa shape index (κ1) is 10.2. The number of carboxylic acid groups (broad SMARTS) is 1. The first-order valence-electron chi connectivity index (χ1n) is 5.36. The molecule has 5 heteroatoms. The molecule has 3 rings (SSSR count). The van der Waals surface area contributed by atoms with E-state index in [2.05, 4.69) is 0 Å². The van der Waals surface area contributed by atoms with E-state index < -0.39 is 12.3 Å². The number of carbonyl (C=O) groups is 1. The van der Waals surface area contributed by atoms with Gasteiger partial charge in [-0.2, -0.15) is 0 Å². The molecule has 1 aromatic heterocycles. The van der Waals surface area contributed by atoms with E-state index in [-0.39, 0.29) is 6.54 Å². The zero-order valence-corrected chi connectivity index (χ0v) is 8.96. The van der Waals surface area contributed by atoms with E-state index >= 15 is 0 Å². The molecule has 0 saturated carbocycles. The highest BCUT2D eigenvalue weighted by Crippen LogP contribution is 2.36. The molecule has 0 spiro atoms. The molecule has 2 N–H and O–H groups in total. The average molecular weight is 233 g/mol. The topological polar surface area (TPSA) is 73.9 Å². The number of benzene rings is 1. The van der Waals surface area contributed by atoms with Crippen molar-refractivity contribution in [1.82, 2.24) is 4.90 Å². The maximum atomic E-state index is 11.0. The molecule has 1 unspecified atom stereocenters. The second kappa shape index (κ2) is 3.49. The smallest absolute Gasteiger partial charge is 0.409 e. The fourth-order valence-corrected chi connectivity index (χ4v) is 2.29. The predicted octanol–water partition coefficient (Wildman–Crippen LogP) is 1.96. The van der Waals surface area contributed by atoms with Gasteiger partial charge in [-0.3, -0.25) is 4.90 Å². The summed E-state index contributed by atoms with van der Waals surface area (Å²) in [5.74, 6) is 0.677. The van der Waals surface area contributed by atoms with Crippen LogP contribution in [0.3, 0.4) is 0 Å². The average Bonchev–Trinajstić information content (AvgIpc) is 2.67. The molecule has 0 radical (unpaired) electrons. The van der Waals surface area contributed by atoms with Crippen molar-refractivity contribution in [3.05, 3.63) is 35.6 Å². The molecule has 0 bridgehead atoms. The van der Waals surface area contributed by atoms with Crippen LogP contribution in [-0.2, 0) is 6.42 Å². The first-order valence-corrected chi connectivity index (χ1v) is 5.36. The maximum Gasteiger partial charge on any atom is 0.409 e. The number of para-hydroxylation sites is 1. The molecule has 1 aliphatic rings. The van der Waals surface area contributed by atoms with Crippen molar-refractivity contribution in [1.29, 1.82) is 0 Å². The van der Waals surface area contributed by atoms with E-state index in [1.165, 1.54) is 0 Å². The Labute approximate surface area is 96.9 Å². The normalized spacial score (nSPS) is 19.4. The summed E-state index contributed by atoms with van der Waals surface area (Å²) in [5, 5.41) is 19.8. The standard InChI is InChI=1S/C12H11NO4/c14-11-10-7-3-1-2-4-8(7)17-9(10)5-6-13(11)12(15)16/h1-4,11,14H,5-6H2,(H,15,16). The molecular formula is C12H11NO4. The Morgan fingerprint density at radius 2 is 2.18 bits per heavy atom. The van der Waals surface area contributed by atoms with Crippen LogP contribution >= 0.6 is 0 Å². The molecular weight excluding hydrogens is 222 g/mol. The Balaban J connectivity index is 2.19. The number of aliphatic hydroxyl groups is 1. The summed E-state index contributed by atoms with van der Waals surface area (Å²) in [6.45, 7) is 0.253. The van der Waals surface area contributed by atoms with Gasteiger partial charge < -0.3 is 14.6 Å². The quantitative estimate of drug-likeness (QED) is 0.729. The van der Waals surface area contributed by atoms with Crippen molar-refractivity contribution < 1.29 is 19.4 Å². The first-order chi connectivity index (χ1) is 8.18. The van der Waals surface area contributed by atoms with E-state index in [0.717, 1.165) is 10.3 Å². The molecule has 2 heterocycles. The third-order valence-electron chi connectivity index (χ3n) is 3.09. The summed E-state index contributed by atoms with van der Waals surface area (Å²) < 4.78 is 5.61. The number of amides is 1. The van der Waals surface area contributed by atoms with E-state index in [0.29, 0.717) is 23.3 Å². The van der Waals surface area contributed by atoms with Crippen molar-refractivity contribution in [3.63, 3.8) is 0 Å². The molecule has 1 atom stereocenters. The van der Waals surface area contributed by atoms with Crippen LogP contribution in [0.15, 0.2) is 28.7 Å². The van der Waals surface area contributed by atoms with Gasteiger partial charge in [0.2, 0.25) is 0 Å². The van der Waals surface area contributed by atoms with Crippen molar-refractivity contribution in [3.8, 4) is 0 Å². The molecule has 1 aliphatic heterocycles. The number of hydrogen-bond donors (Lipinski definition) is 2. The number of furan rings is 1.